The standard InChI is InChI=1S/C4H11NO3S.Na.H/c1-4(2,3-5)9(6,7)8;;/h3,5H2,1-2H3,(H,6,7,8);;/q;+1;-1. The minimum atomic E-state index is -3.98. The van der Waals surface area contributed by atoms with Crippen LogP contribution in [0.5, 0.6) is 0 Å². The van der Waals surface area contributed by atoms with Crippen LogP contribution >= 0.6 is 0 Å². The second-order valence-corrected chi connectivity index (χ2v) is 4.49. The van der Waals surface area contributed by atoms with Crippen LogP contribution in [0.15, 0.2) is 0 Å². The predicted molar refractivity (Wildman–Crippen MR) is 35.8 cm³/mol. The van der Waals surface area contributed by atoms with E-state index in [1.165, 1.54) is 13.8 Å². The van der Waals surface area contributed by atoms with Gasteiger partial charge in [0.15, 0.2) is 0 Å². The zero-order valence-corrected chi connectivity index (χ0v) is 9.27. The van der Waals surface area contributed by atoms with E-state index in [4.69, 9.17) is 10.3 Å². The fourth-order valence-electron chi connectivity index (χ4n) is 0.105. The Morgan fingerprint density at radius 2 is 1.90 bits per heavy atom. The molecule has 0 aromatic rings. The van der Waals surface area contributed by atoms with E-state index < -0.39 is 14.9 Å². The topological polar surface area (TPSA) is 80.4 Å². The van der Waals surface area contributed by atoms with Gasteiger partial charge < -0.3 is 7.16 Å². The molecule has 0 aromatic carbocycles. The molecular weight excluding hydrogens is 165 g/mol. The second kappa shape index (κ2) is 4.04. The molecule has 10 heavy (non-hydrogen) atoms. The normalized spacial score (nSPS) is 12.4. The summed E-state index contributed by atoms with van der Waals surface area (Å²) in [4.78, 5) is 0. The van der Waals surface area contributed by atoms with Gasteiger partial charge in [-0.1, -0.05) is 0 Å². The van der Waals surface area contributed by atoms with E-state index in [1.807, 2.05) is 0 Å². The third kappa shape index (κ3) is 3.32. The van der Waals surface area contributed by atoms with Crippen molar-refractivity contribution >= 4 is 10.1 Å². The molecule has 0 aliphatic carbocycles. The first kappa shape index (κ1) is 13.5. The number of nitrogens with two attached hydrogens (primary N) is 1. The molecule has 0 amide bonds. The Morgan fingerprint density at radius 3 is 1.90 bits per heavy atom. The second-order valence-electron chi connectivity index (χ2n) is 2.44. The Bertz CT molecular complexity index is 192. The Morgan fingerprint density at radius 1 is 1.60 bits per heavy atom. The molecule has 0 atom stereocenters. The molecule has 0 radical (unpaired) electrons. The van der Waals surface area contributed by atoms with Crippen molar-refractivity contribution in [2.45, 2.75) is 18.6 Å². The van der Waals surface area contributed by atoms with Gasteiger partial charge >= 0.3 is 29.6 Å². The fourth-order valence-corrected chi connectivity index (χ4v) is 0.316. The fraction of sp³-hybridized carbons (Fsp3) is 1.00. The van der Waals surface area contributed by atoms with Crippen molar-refractivity contribution in [2.75, 3.05) is 6.54 Å². The summed E-state index contributed by atoms with van der Waals surface area (Å²) in [7, 11) is -3.98. The van der Waals surface area contributed by atoms with Gasteiger partial charge in [0.1, 0.15) is 4.75 Å². The molecule has 0 fully saturated rings. The van der Waals surface area contributed by atoms with Crippen molar-refractivity contribution in [3.8, 4) is 0 Å². The predicted octanol–water partition coefficient (Wildman–Crippen LogP) is -3.27. The van der Waals surface area contributed by atoms with Gasteiger partial charge in [0, 0.05) is 6.54 Å². The molecular formula is C4H12NNaO3S. The van der Waals surface area contributed by atoms with Crippen LogP contribution < -0.4 is 35.3 Å². The molecule has 58 valence electrons. The van der Waals surface area contributed by atoms with Gasteiger partial charge in [-0.3, -0.25) is 4.55 Å². The van der Waals surface area contributed by atoms with Crippen molar-refractivity contribution < 1.29 is 44.0 Å². The van der Waals surface area contributed by atoms with E-state index in [-0.39, 0.29) is 37.5 Å². The summed E-state index contributed by atoms with van der Waals surface area (Å²) in [6.07, 6.45) is 0. The number of hydrogen-bond donors (Lipinski definition) is 2. The average molecular weight is 177 g/mol. The molecule has 0 aliphatic rings. The van der Waals surface area contributed by atoms with E-state index in [2.05, 4.69) is 0 Å². The summed E-state index contributed by atoms with van der Waals surface area (Å²) in [5.41, 5.74) is 5.05. The van der Waals surface area contributed by atoms with Crippen LogP contribution in [-0.4, -0.2) is 24.3 Å². The molecule has 0 saturated carbocycles. The van der Waals surface area contributed by atoms with Gasteiger partial charge in [-0.2, -0.15) is 8.42 Å². The molecule has 0 heterocycles. The summed E-state index contributed by atoms with van der Waals surface area (Å²) in [5.74, 6) is 0. The van der Waals surface area contributed by atoms with Crippen LogP contribution in [0, 0.1) is 0 Å². The molecule has 0 bridgehead atoms. The molecule has 6 heteroatoms. The first-order valence-electron chi connectivity index (χ1n) is 2.48. The van der Waals surface area contributed by atoms with Crippen LogP contribution in [0.3, 0.4) is 0 Å². The monoisotopic (exact) mass is 177 g/mol. The zero-order valence-electron chi connectivity index (χ0n) is 7.46. The molecule has 0 unspecified atom stereocenters. The molecule has 4 nitrogen and oxygen atoms in total. The van der Waals surface area contributed by atoms with Crippen molar-refractivity contribution in [3.05, 3.63) is 0 Å². The van der Waals surface area contributed by atoms with E-state index >= 15 is 0 Å². The SMILES string of the molecule is CC(C)(CN)S(=O)(=O)O.[H-].[Na+]. The van der Waals surface area contributed by atoms with Gasteiger partial charge in [-0.05, 0) is 13.8 Å². The van der Waals surface area contributed by atoms with Crippen molar-refractivity contribution in [2.24, 2.45) is 5.73 Å². The van der Waals surface area contributed by atoms with E-state index in [0.29, 0.717) is 0 Å². The van der Waals surface area contributed by atoms with Crippen LogP contribution in [0.1, 0.15) is 15.3 Å². The Balaban J connectivity index is -0.000000320. The maximum absolute atomic E-state index is 10.4. The van der Waals surface area contributed by atoms with E-state index in [0.717, 1.165) is 0 Å². The van der Waals surface area contributed by atoms with E-state index in [1.54, 1.807) is 0 Å². The quantitative estimate of drug-likeness (QED) is 0.342. The third-order valence-electron chi connectivity index (χ3n) is 1.19. The van der Waals surface area contributed by atoms with Crippen LogP contribution in [0.2, 0.25) is 0 Å². The summed E-state index contributed by atoms with van der Waals surface area (Å²) in [6.45, 7) is 2.65. The van der Waals surface area contributed by atoms with Crippen molar-refractivity contribution in [3.63, 3.8) is 0 Å². The Kier molecular flexibility index (Phi) is 5.43. The van der Waals surface area contributed by atoms with Crippen LogP contribution in [-0.2, 0) is 10.1 Å². The van der Waals surface area contributed by atoms with Crippen LogP contribution in [0.4, 0.5) is 0 Å². The molecule has 0 aromatic heterocycles. The van der Waals surface area contributed by atoms with Crippen molar-refractivity contribution in [1.82, 2.24) is 0 Å². The maximum Gasteiger partial charge on any atom is 1.00 e. The molecule has 0 spiro atoms. The van der Waals surface area contributed by atoms with Gasteiger partial charge in [0.2, 0.25) is 0 Å². The minimum absolute atomic E-state index is 0. The van der Waals surface area contributed by atoms with E-state index in [9.17, 15) is 8.42 Å². The molecule has 0 aliphatic heterocycles. The van der Waals surface area contributed by atoms with Crippen LogP contribution in [0.25, 0.3) is 0 Å². The zero-order chi connectivity index (χ0) is 7.71. The third-order valence-corrected chi connectivity index (χ3v) is 2.75. The van der Waals surface area contributed by atoms with Gasteiger partial charge in [0.25, 0.3) is 10.1 Å². The largest absolute Gasteiger partial charge is 1.00 e. The smallest absolute Gasteiger partial charge is 1.00 e. The molecule has 0 saturated heterocycles. The number of rotatable bonds is 2. The Hall–Kier alpha value is 0.870. The summed E-state index contributed by atoms with van der Waals surface area (Å²) < 4.78 is 27.9. The van der Waals surface area contributed by atoms with Gasteiger partial charge in [-0.25, -0.2) is 0 Å². The van der Waals surface area contributed by atoms with Gasteiger partial charge in [0.05, 0.1) is 0 Å². The van der Waals surface area contributed by atoms with Crippen molar-refractivity contribution in [1.29, 1.82) is 0 Å². The summed E-state index contributed by atoms with van der Waals surface area (Å²) >= 11 is 0. The summed E-state index contributed by atoms with van der Waals surface area (Å²) in [6, 6.07) is 0. The average Bonchev–Trinajstić information content (AvgIpc) is 1.64. The summed E-state index contributed by atoms with van der Waals surface area (Å²) in [5, 5.41) is 0. The Labute approximate surface area is 84.7 Å². The maximum atomic E-state index is 10.4. The number of hydrogen-bond acceptors (Lipinski definition) is 3. The molecule has 3 N–H and O–H groups in total. The molecule has 0 rings (SSSR count). The first-order chi connectivity index (χ1) is 3.81. The van der Waals surface area contributed by atoms with Gasteiger partial charge in [-0.15, -0.1) is 0 Å². The minimum Gasteiger partial charge on any atom is -1.00 e. The first-order valence-corrected chi connectivity index (χ1v) is 3.92.